The van der Waals surface area contributed by atoms with Crippen molar-refractivity contribution in [2.24, 2.45) is 0 Å². The Morgan fingerprint density at radius 3 is 1.30 bits per heavy atom. The molecule has 0 aliphatic carbocycles. The van der Waals surface area contributed by atoms with Gasteiger partial charge in [0.05, 0.1) is 37.6 Å². The van der Waals surface area contributed by atoms with Crippen LogP contribution in [0.5, 0.6) is 0 Å². The molecule has 6 nitrogen and oxygen atoms in total. The van der Waals surface area contributed by atoms with Crippen molar-refractivity contribution in [1.82, 2.24) is 0 Å². The zero-order chi connectivity index (χ0) is 22.0. The van der Waals surface area contributed by atoms with Crippen molar-refractivity contribution in [3.8, 4) is 0 Å². The van der Waals surface area contributed by atoms with Gasteiger partial charge in [0.1, 0.15) is 0 Å². The van der Waals surface area contributed by atoms with Crippen LogP contribution in [-0.2, 0) is 27.9 Å². The highest BCUT2D eigenvalue weighted by atomic mass is 16.7. The molecule has 3 aliphatic rings. The Morgan fingerprint density at radius 2 is 0.818 bits per heavy atom. The molecular weight excluding hydrogens is 417 g/mol. The quantitative estimate of drug-likeness (QED) is 0.560. The van der Waals surface area contributed by atoms with Crippen molar-refractivity contribution in [1.29, 1.82) is 0 Å². The molecule has 3 aromatic rings. The van der Waals surface area contributed by atoms with E-state index in [1.165, 1.54) is 0 Å². The molecular formula is C24H23B3O6. The first-order chi connectivity index (χ1) is 16.3. The Kier molecular flexibility index (Phi) is 6.07. The van der Waals surface area contributed by atoms with Gasteiger partial charge in [-0.3, -0.25) is 0 Å². The van der Waals surface area contributed by atoms with Crippen LogP contribution in [0.1, 0.15) is 0 Å². The molecule has 0 bridgehead atoms. The summed E-state index contributed by atoms with van der Waals surface area (Å²) in [5, 5.41) is 0. The third kappa shape index (κ3) is 4.40. The van der Waals surface area contributed by atoms with Crippen LogP contribution in [0.15, 0.2) is 91.0 Å². The number of fused-ring (bicyclic) bond motifs is 1. The second kappa shape index (κ2) is 9.47. The zero-order valence-electron chi connectivity index (χ0n) is 18.1. The van der Waals surface area contributed by atoms with Crippen LogP contribution < -0.4 is 16.4 Å². The molecule has 9 heteroatoms. The molecule has 0 radical (unpaired) electrons. The minimum atomic E-state index is -0.530. The molecule has 3 saturated heterocycles. The van der Waals surface area contributed by atoms with Crippen LogP contribution in [0.4, 0.5) is 0 Å². The zero-order valence-corrected chi connectivity index (χ0v) is 18.1. The summed E-state index contributed by atoms with van der Waals surface area (Å²) in [4.78, 5) is 0. The Labute approximate surface area is 194 Å². The highest BCUT2D eigenvalue weighted by molar-refractivity contribution is 6.63. The molecule has 4 atom stereocenters. The monoisotopic (exact) mass is 440 g/mol. The lowest BCUT2D eigenvalue weighted by molar-refractivity contribution is -0.146. The minimum Gasteiger partial charge on any atom is -0.405 e. The van der Waals surface area contributed by atoms with Crippen molar-refractivity contribution in [3.63, 3.8) is 0 Å². The average Bonchev–Trinajstić information content (AvgIpc) is 3.39. The van der Waals surface area contributed by atoms with Crippen LogP contribution in [0, 0.1) is 0 Å². The summed E-state index contributed by atoms with van der Waals surface area (Å²) in [6, 6.07) is 29.8. The SMILES string of the molecule is c1ccc(B2OC[C@@H]3OB(c4ccccc4)O[C@@H]([C@H]4COB(c5ccccc5)O4)[C@H]3O2)cc1. The Morgan fingerprint density at radius 1 is 0.455 bits per heavy atom. The van der Waals surface area contributed by atoms with Crippen molar-refractivity contribution in [2.45, 2.75) is 24.4 Å². The van der Waals surface area contributed by atoms with E-state index in [1.807, 2.05) is 91.0 Å². The summed E-state index contributed by atoms with van der Waals surface area (Å²) in [5.41, 5.74) is 2.90. The van der Waals surface area contributed by atoms with Crippen LogP contribution >= 0.6 is 0 Å². The summed E-state index contributed by atoms with van der Waals surface area (Å²) in [6.07, 6.45) is -1.31. The van der Waals surface area contributed by atoms with Gasteiger partial charge < -0.3 is 27.9 Å². The molecule has 3 aliphatic heterocycles. The van der Waals surface area contributed by atoms with Gasteiger partial charge in [0, 0.05) is 0 Å². The van der Waals surface area contributed by atoms with E-state index in [-0.39, 0.29) is 24.4 Å². The topological polar surface area (TPSA) is 55.4 Å². The fourth-order valence-corrected chi connectivity index (χ4v) is 4.59. The first-order valence-electron chi connectivity index (χ1n) is 11.3. The molecule has 0 aromatic heterocycles. The number of benzene rings is 3. The van der Waals surface area contributed by atoms with E-state index in [0.717, 1.165) is 16.4 Å². The Hall–Kier alpha value is -2.39. The summed E-state index contributed by atoms with van der Waals surface area (Å²) in [6.45, 7) is 0.818. The van der Waals surface area contributed by atoms with Crippen LogP contribution in [-0.4, -0.2) is 59.0 Å². The lowest BCUT2D eigenvalue weighted by atomic mass is 9.73. The van der Waals surface area contributed by atoms with Crippen molar-refractivity contribution >= 4 is 37.7 Å². The van der Waals surface area contributed by atoms with Gasteiger partial charge in [-0.1, -0.05) is 91.0 Å². The van der Waals surface area contributed by atoms with E-state index in [9.17, 15) is 0 Å². The highest BCUT2D eigenvalue weighted by Gasteiger charge is 2.53. The van der Waals surface area contributed by atoms with E-state index in [0.29, 0.717) is 13.2 Å². The van der Waals surface area contributed by atoms with Gasteiger partial charge in [-0.25, -0.2) is 0 Å². The summed E-state index contributed by atoms with van der Waals surface area (Å²) in [7, 11) is -1.44. The molecule has 6 rings (SSSR count). The molecule has 0 saturated carbocycles. The Bertz CT molecular complexity index is 1040. The summed E-state index contributed by atoms with van der Waals surface area (Å²) in [5.74, 6) is 0. The predicted molar refractivity (Wildman–Crippen MR) is 127 cm³/mol. The normalized spacial score (nSPS) is 27.5. The molecule has 3 aromatic carbocycles. The lowest BCUT2D eigenvalue weighted by Gasteiger charge is -2.46. The maximum Gasteiger partial charge on any atom is 0.494 e. The predicted octanol–water partition coefficient (Wildman–Crippen LogP) is 0.787. The fraction of sp³-hybridized carbons (Fsp3) is 0.250. The first-order valence-corrected chi connectivity index (χ1v) is 11.3. The summed E-state index contributed by atoms with van der Waals surface area (Å²) >= 11 is 0. The van der Waals surface area contributed by atoms with E-state index >= 15 is 0 Å². The van der Waals surface area contributed by atoms with Gasteiger partial charge in [0.2, 0.25) is 0 Å². The third-order valence-electron chi connectivity index (χ3n) is 6.25. The lowest BCUT2D eigenvalue weighted by Crippen LogP contribution is -2.66. The van der Waals surface area contributed by atoms with E-state index < -0.39 is 21.4 Å². The van der Waals surface area contributed by atoms with Crippen LogP contribution in [0.25, 0.3) is 0 Å². The van der Waals surface area contributed by atoms with Gasteiger partial charge in [0.15, 0.2) is 0 Å². The molecule has 3 heterocycles. The first kappa shape index (κ1) is 21.2. The van der Waals surface area contributed by atoms with Gasteiger partial charge in [-0.05, 0) is 16.4 Å². The van der Waals surface area contributed by atoms with E-state index in [1.54, 1.807) is 0 Å². The van der Waals surface area contributed by atoms with E-state index in [4.69, 9.17) is 27.9 Å². The Balaban J connectivity index is 1.26. The number of rotatable bonds is 4. The maximum atomic E-state index is 6.49. The van der Waals surface area contributed by atoms with Gasteiger partial charge >= 0.3 is 21.4 Å². The minimum absolute atomic E-state index is 0.284. The number of hydrogen-bond acceptors (Lipinski definition) is 6. The van der Waals surface area contributed by atoms with Crippen LogP contribution in [0.3, 0.4) is 0 Å². The molecule has 0 unspecified atom stereocenters. The second-order valence-corrected chi connectivity index (χ2v) is 8.44. The van der Waals surface area contributed by atoms with Gasteiger partial charge in [-0.2, -0.15) is 0 Å². The molecule has 3 fully saturated rings. The molecule has 0 amide bonds. The largest absolute Gasteiger partial charge is 0.494 e. The molecule has 0 spiro atoms. The molecule has 0 N–H and O–H groups in total. The maximum absolute atomic E-state index is 6.49. The van der Waals surface area contributed by atoms with Crippen molar-refractivity contribution < 1.29 is 27.9 Å². The average molecular weight is 440 g/mol. The second-order valence-electron chi connectivity index (χ2n) is 8.44. The van der Waals surface area contributed by atoms with Crippen molar-refractivity contribution in [3.05, 3.63) is 91.0 Å². The van der Waals surface area contributed by atoms with Crippen molar-refractivity contribution in [2.75, 3.05) is 13.2 Å². The molecule has 33 heavy (non-hydrogen) atoms. The molecule has 164 valence electrons. The smallest absolute Gasteiger partial charge is 0.405 e. The van der Waals surface area contributed by atoms with Gasteiger partial charge in [-0.15, -0.1) is 0 Å². The number of hydrogen-bond donors (Lipinski definition) is 0. The van der Waals surface area contributed by atoms with Gasteiger partial charge in [0.25, 0.3) is 0 Å². The van der Waals surface area contributed by atoms with E-state index in [2.05, 4.69) is 0 Å². The third-order valence-corrected chi connectivity index (χ3v) is 6.25. The fourth-order valence-electron chi connectivity index (χ4n) is 4.59. The van der Waals surface area contributed by atoms with Crippen LogP contribution in [0.2, 0.25) is 0 Å². The standard InChI is InChI=1S/C24H23B3O6/c1-4-10-18(11-5-1)25-28-16-21(30-25)24-23-22(31-27(33-24)20-14-8-3-9-15-20)17-29-26(32-23)19-12-6-2-7-13-19/h1-15,21-24H,16-17H2/t21-,22+,23+,24+/m1/s1. The summed E-state index contributed by atoms with van der Waals surface area (Å²) < 4.78 is 37.6. The highest BCUT2D eigenvalue weighted by Crippen LogP contribution is 2.30.